The molecule has 19 heavy (non-hydrogen) atoms. The predicted octanol–water partition coefficient (Wildman–Crippen LogP) is 2.89. The molecule has 2 saturated carbocycles. The molecule has 104 valence electrons. The van der Waals surface area contributed by atoms with Gasteiger partial charge in [-0.25, -0.2) is 9.59 Å². The summed E-state index contributed by atoms with van der Waals surface area (Å²) in [5.41, 5.74) is 0.447. The Bertz CT molecular complexity index is 423. The van der Waals surface area contributed by atoms with Crippen LogP contribution in [-0.2, 0) is 19.1 Å². The van der Waals surface area contributed by atoms with Crippen molar-refractivity contribution < 1.29 is 19.1 Å². The van der Waals surface area contributed by atoms with Gasteiger partial charge < -0.3 is 9.47 Å². The molecular formula is C15H20O4. The summed E-state index contributed by atoms with van der Waals surface area (Å²) >= 11 is 0. The van der Waals surface area contributed by atoms with Crippen LogP contribution in [0.3, 0.4) is 0 Å². The molecule has 4 heteroatoms. The van der Waals surface area contributed by atoms with Crippen LogP contribution in [-0.4, -0.2) is 17.7 Å². The highest BCUT2D eigenvalue weighted by molar-refractivity contribution is 5.89. The predicted molar refractivity (Wildman–Crippen MR) is 70.1 cm³/mol. The van der Waals surface area contributed by atoms with Crippen LogP contribution in [0, 0.1) is 5.41 Å². The van der Waals surface area contributed by atoms with Crippen LogP contribution >= 0.6 is 0 Å². The number of rotatable bonds is 4. The fraction of sp³-hybridized carbons (Fsp3) is 0.600. The molecule has 0 saturated heterocycles. The van der Waals surface area contributed by atoms with E-state index in [4.69, 9.17) is 9.47 Å². The lowest BCUT2D eigenvalue weighted by Crippen LogP contribution is -2.65. The molecule has 2 aliphatic carbocycles. The van der Waals surface area contributed by atoms with Crippen molar-refractivity contribution in [2.45, 2.75) is 51.7 Å². The maximum absolute atomic E-state index is 11.8. The average molecular weight is 264 g/mol. The second-order valence-electron chi connectivity index (χ2n) is 5.73. The van der Waals surface area contributed by atoms with E-state index in [9.17, 15) is 9.59 Å². The van der Waals surface area contributed by atoms with Gasteiger partial charge in [-0.2, -0.15) is 0 Å². The smallest absolute Gasteiger partial charge is 0.336 e. The molecule has 2 fully saturated rings. The third-order valence-electron chi connectivity index (χ3n) is 4.26. The van der Waals surface area contributed by atoms with E-state index < -0.39 is 17.7 Å². The number of carbonyl (C=O) groups is 2. The summed E-state index contributed by atoms with van der Waals surface area (Å²) in [5.74, 6) is -2.10. The summed E-state index contributed by atoms with van der Waals surface area (Å²) in [6.07, 6.45) is 4.43. The largest absolute Gasteiger partial charge is 0.418 e. The third-order valence-corrected chi connectivity index (χ3v) is 4.26. The molecule has 0 aromatic heterocycles. The SMILES string of the molecule is C=C(C)C(=O)OC1(OC(=O)C(=C)C)CCC12CCC2. The number of ether oxygens (including phenoxy) is 2. The van der Waals surface area contributed by atoms with Crippen molar-refractivity contribution in [3.05, 3.63) is 24.3 Å². The quantitative estimate of drug-likeness (QED) is 0.445. The average Bonchev–Trinajstić information content (AvgIpc) is 2.23. The lowest BCUT2D eigenvalue weighted by Gasteiger charge is -2.61. The summed E-state index contributed by atoms with van der Waals surface area (Å²) < 4.78 is 11.0. The van der Waals surface area contributed by atoms with Crippen molar-refractivity contribution in [3.8, 4) is 0 Å². The minimum absolute atomic E-state index is 0.177. The Morgan fingerprint density at radius 2 is 1.37 bits per heavy atom. The third kappa shape index (κ3) is 2.09. The Morgan fingerprint density at radius 1 is 0.895 bits per heavy atom. The molecule has 0 radical (unpaired) electrons. The molecule has 0 atom stereocenters. The van der Waals surface area contributed by atoms with E-state index in [1.54, 1.807) is 13.8 Å². The Hall–Kier alpha value is -1.58. The van der Waals surface area contributed by atoms with Gasteiger partial charge in [-0.15, -0.1) is 0 Å². The fourth-order valence-corrected chi connectivity index (χ4v) is 2.73. The molecule has 0 unspecified atom stereocenters. The van der Waals surface area contributed by atoms with Gasteiger partial charge in [-0.3, -0.25) is 0 Å². The summed E-state index contributed by atoms with van der Waals surface area (Å²) in [6.45, 7) is 10.3. The van der Waals surface area contributed by atoms with E-state index >= 15 is 0 Å². The monoisotopic (exact) mass is 264 g/mol. The van der Waals surface area contributed by atoms with Gasteiger partial charge in [0.2, 0.25) is 0 Å². The molecule has 0 N–H and O–H groups in total. The highest BCUT2D eigenvalue weighted by atomic mass is 16.7. The van der Waals surface area contributed by atoms with E-state index in [1.807, 2.05) is 0 Å². The molecule has 0 aliphatic heterocycles. The first-order valence-corrected chi connectivity index (χ1v) is 6.60. The maximum atomic E-state index is 11.8. The van der Waals surface area contributed by atoms with Gasteiger partial charge in [0, 0.05) is 23.0 Å². The molecule has 4 nitrogen and oxygen atoms in total. The van der Waals surface area contributed by atoms with Crippen molar-refractivity contribution in [1.82, 2.24) is 0 Å². The molecule has 0 aromatic rings. The first kappa shape index (κ1) is 13.8. The maximum Gasteiger partial charge on any atom is 0.336 e. The Balaban J connectivity index is 2.19. The van der Waals surface area contributed by atoms with E-state index in [-0.39, 0.29) is 5.41 Å². The van der Waals surface area contributed by atoms with Gasteiger partial charge in [0.05, 0.1) is 0 Å². The second-order valence-corrected chi connectivity index (χ2v) is 5.73. The van der Waals surface area contributed by atoms with Crippen molar-refractivity contribution >= 4 is 11.9 Å². The molecule has 2 aliphatic rings. The van der Waals surface area contributed by atoms with Crippen LogP contribution in [0.2, 0.25) is 0 Å². The van der Waals surface area contributed by atoms with Gasteiger partial charge in [-0.05, 0) is 33.1 Å². The van der Waals surface area contributed by atoms with Crippen LogP contribution in [0.25, 0.3) is 0 Å². The van der Waals surface area contributed by atoms with Crippen molar-refractivity contribution in [2.75, 3.05) is 0 Å². The zero-order valence-corrected chi connectivity index (χ0v) is 11.6. The van der Waals surface area contributed by atoms with E-state index in [2.05, 4.69) is 13.2 Å². The molecule has 0 bridgehead atoms. The van der Waals surface area contributed by atoms with Gasteiger partial charge in [0.15, 0.2) is 0 Å². The lowest BCUT2D eigenvalue weighted by molar-refractivity contribution is -0.334. The zero-order valence-electron chi connectivity index (χ0n) is 11.6. The Kier molecular flexibility index (Phi) is 3.29. The van der Waals surface area contributed by atoms with Gasteiger partial charge in [0.1, 0.15) is 0 Å². The molecule has 0 heterocycles. The molecule has 0 amide bonds. The van der Waals surface area contributed by atoms with Gasteiger partial charge in [0.25, 0.3) is 5.79 Å². The van der Waals surface area contributed by atoms with Crippen LogP contribution < -0.4 is 0 Å². The standard InChI is InChI=1S/C15H20O4/c1-10(2)12(16)18-15(19-13(17)11(3)4)9-8-14(15)6-5-7-14/h1,3,5-9H2,2,4H3. The highest BCUT2D eigenvalue weighted by Gasteiger charge is 2.67. The number of hydrogen-bond acceptors (Lipinski definition) is 4. The topological polar surface area (TPSA) is 52.6 Å². The summed E-state index contributed by atoms with van der Waals surface area (Å²) in [5, 5.41) is 0. The number of hydrogen-bond donors (Lipinski definition) is 0. The van der Waals surface area contributed by atoms with E-state index in [0.29, 0.717) is 17.6 Å². The van der Waals surface area contributed by atoms with Crippen molar-refractivity contribution in [1.29, 1.82) is 0 Å². The molecule has 1 spiro atoms. The Morgan fingerprint density at radius 3 is 1.58 bits per heavy atom. The molecule has 0 aromatic carbocycles. The van der Waals surface area contributed by atoms with E-state index in [0.717, 1.165) is 25.7 Å². The Labute approximate surface area is 113 Å². The van der Waals surface area contributed by atoms with Gasteiger partial charge in [-0.1, -0.05) is 19.6 Å². The van der Waals surface area contributed by atoms with E-state index in [1.165, 1.54) is 0 Å². The second kappa shape index (κ2) is 4.51. The van der Waals surface area contributed by atoms with Crippen LogP contribution in [0.4, 0.5) is 0 Å². The van der Waals surface area contributed by atoms with Gasteiger partial charge >= 0.3 is 11.9 Å². The summed E-state index contributed by atoms with van der Waals surface area (Å²) in [6, 6.07) is 0. The first-order valence-electron chi connectivity index (χ1n) is 6.60. The molecule has 2 rings (SSSR count). The number of esters is 2. The number of carbonyl (C=O) groups excluding carboxylic acids is 2. The highest BCUT2D eigenvalue weighted by Crippen LogP contribution is 2.64. The molecular weight excluding hydrogens is 244 g/mol. The van der Waals surface area contributed by atoms with Crippen LogP contribution in [0.1, 0.15) is 46.0 Å². The van der Waals surface area contributed by atoms with Crippen LogP contribution in [0.5, 0.6) is 0 Å². The summed E-state index contributed by atoms with van der Waals surface area (Å²) in [4.78, 5) is 23.6. The van der Waals surface area contributed by atoms with Crippen LogP contribution in [0.15, 0.2) is 24.3 Å². The normalized spacial score (nSPS) is 21.8. The lowest BCUT2D eigenvalue weighted by atomic mass is 9.52. The zero-order chi connectivity index (χ0) is 14.3. The van der Waals surface area contributed by atoms with Crippen molar-refractivity contribution in [2.24, 2.45) is 5.41 Å². The first-order chi connectivity index (χ1) is 8.82. The van der Waals surface area contributed by atoms with Crippen molar-refractivity contribution in [3.63, 3.8) is 0 Å². The summed E-state index contributed by atoms with van der Waals surface area (Å²) in [7, 11) is 0. The minimum atomic E-state index is -1.10. The minimum Gasteiger partial charge on any atom is -0.418 e. The fourth-order valence-electron chi connectivity index (χ4n) is 2.73.